The normalized spacial score (nSPS) is 21.0. The fraction of sp³-hybridized carbons (Fsp3) is 0.471. The lowest BCUT2D eigenvalue weighted by molar-refractivity contribution is -0.141. The maximum atomic E-state index is 12.6. The van der Waals surface area contributed by atoms with Gasteiger partial charge in [0.15, 0.2) is 0 Å². The molecular weight excluding hydrogens is 292 g/mol. The van der Waals surface area contributed by atoms with Crippen molar-refractivity contribution in [1.29, 1.82) is 0 Å². The number of carbonyl (C=O) groups is 1. The molecule has 0 radical (unpaired) electrons. The van der Waals surface area contributed by atoms with Gasteiger partial charge in [-0.15, -0.1) is 0 Å². The largest absolute Gasteiger partial charge is 0.368 e. The number of amides is 1. The van der Waals surface area contributed by atoms with Gasteiger partial charge in [-0.3, -0.25) is 14.5 Å². The van der Waals surface area contributed by atoms with Gasteiger partial charge < -0.3 is 9.64 Å². The molecule has 0 aromatic carbocycles. The highest BCUT2D eigenvalue weighted by molar-refractivity contribution is 5.81. The minimum absolute atomic E-state index is 0.127. The molecule has 4 heterocycles. The SMILES string of the molecule is O=C([C@H]1CCCO1)N1CCCn2nc(-c3ccncc3)cc2C1. The van der Waals surface area contributed by atoms with E-state index in [0.717, 1.165) is 49.3 Å². The first kappa shape index (κ1) is 14.4. The summed E-state index contributed by atoms with van der Waals surface area (Å²) in [7, 11) is 0. The van der Waals surface area contributed by atoms with Gasteiger partial charge in [0.1, 0.15) is 6.10 Å². The Hall–Kier alpha value is -2.21. The number of nitrogens with zero attached hydrogens (tertiary/aromatic N) is 4. The Morgan fingerprint density at radius 2 is 2.09 bits per heavy atom. The Morgan fingerprint density at radius 1 is 1.22 bits per heavy atom. The second-order valence-electron chi connectivity index (χ2n) is 6.09. The predicted octanol–water partition coefficient (Wildman–Crippen LogP) is 1.86. The minimum atomic E-state index is -0.246. The molecule has 1 fully saturated rings. The lowest BCUT2D eigenvalue weighted by Crippen LogP contribution is -2.38. The monoisotopic (exact) mass is 312 g/mol. The topological polar surface area (TPSA) is 60.2 Å². The lowest BCUT2D eigenvalue weighted by atomic mass is 10.2. The maximum absolute atomic E-state index is 12.6. The zero-order valence-electron chi connectivity index (χ0n) is 13.0. The number of ether oxygens (including phenoxy) is 1. The molecule has 2 aromatic heterocycles. The third-order valence-electron chi connectivity index (χ3n) is 4.51. The summed E-state index contributed by atoms with van der Waals surface area (Å²) in [6, 6.07) is 5.99. The highest BCUT2D eigenvalue weighted by atomic mass is 16.5. The molecule has 0 saturated carbocycles. The summed E-state index contributed by atoms with van der Waals surface area (Å²) >= 11 is 0. The van der Waals surface area contributed by atoms with Gasteiger partial charge in [0.05, 0.1) is 17.9 Å². The minimum Gasteiger partial charge on any atom is -0.368 e. The van der Waals surface area contributed by atoms with Gasteiger partial charge in [-0.2, -0.15) is 5.10 Å². The van der Waals surface area contributed by atoms with E-state index in [1.54, 1.807) is 12.4 Å². The van der Waals surface area contributed by atoms with Crippen molar-refractivity contribution in [1.82, 2.24) is 19.7 Å². The molecule has 6 heteroatoms. The van der Waals surface area contributed by atoms with E-state index in [1.165, 1.54) is 0 Å². The second-order valence-corrected chi connectivity index (χ2v) is 6.09. The quantitative estimate of drug-likeness (QED) is 0.849. The average molecular weight is 312 g/mol. The van der Waals surface area contributed by atoms with Crippen LogP contribution in [0.2, 0.25) is 0 Å². The van der Waals surface area contributed by atoms with Crippen LogP contribution in [0, 0.1) is 0 Å². The second kappa shape index (κ2) is 6.12. The van der Waals surface area contributed by atoms with Gasteiger partial charge >= 0.3 is 0 Å². The molecule has 1 saturated heterocycles. The van der Waals surface area contributed by atoms with Crippen molar-refractivity contribution in [3.8, 4) is 11.3 Å². The number of aryl methyl sites for hydroxylation is 1. The zero-order chi connectivity index (χ0) is 15.6. The van der Waals surface area contributed by atoms with Crippen molar-refractivity contribution in [3.63, 3.8) is 0 Å². The fourth-order valence-electron chi connectivity index (χ4n) is 3.29. The van der Waals surface area contributed by atoms with Crippen molar-refractivity contribution < 1.29 is 9.53 Å². The van der Waals surface area contributed by atoms with Crippen LogP contribution < -0.4 is 0 Å². The highest BCUT2D eigenvalue weighted by Gasteiger charge is 2.30. The Bertz CT molecular complexity index is 692. The Kier molecular flexibility index (Phi) is 3.83. The summed E-state index contributed by atoms with van der Waals surface area (Å²) in [5, 5.41) is 4.69. The molecule has 6 nitrogen and oxygen atoms in total. The summed E-state index contributed by atoms with van der Waals surface area (Å²) < 4.78 is 7.58. The van der Waals surface area contributed by atoms with Crippen LogP contribution in [-0.2, 0) is 22.6 Å². The van der Waals surface area contributed by atoms with Crippen LogP contribution >= 0.6 is 0 Å². The molecule has 2 aromatic rings. The highest BCUT2D eigenvalue weighted by Crippen LogP contribution is 2.23. The molecule has 1 atom stereocenters. The summed E-state index contributed by atoms with van der Waals surface area (Å²) in [5.41, 5.74) is 3.08. The van der Waals surface area contributed by atoms with Crippen LogP contribution in [0.5, 0.6) is 0 Å². The molecule has 0 unspecified atom stereocenters. The first-order chi connectivity index (χ1) is 11.3. The molecular formula is C17H20N4O2. The van der Waals surface area contributed by atoms with E-state index < -0.39 is 0 Å². The smallest absolute Gasteiger partial charge is 0.252 e. The Balaban J connectivity index is 1.56. The van der Waals surface area contributed by atoms with Crippen molar-refractivity contribution in [2.45, 2.75) is 38.5 Å². The van der Waals surface area contributed by atoms with Gasteiger partial charge in [-0.25, -0.2) is 0 Å². The number of hydrogen-bond acceptors (Lipinski definition) is 4. The molecule has 1 amide bonds. The molecule has 0 aliphatic carbocycles. The molecule has 0 spiro atoms. The molecule has 0 N–H and O–H groups in total. The number of carbonyl (C=O) groups excluding carboxylic acids is 1. The van der Waals surface area contributed by atoms with Crippen LogP contribution in [0.25, 0.3) is 11.3 Å². The molecule has 2 aliphatic heterocycles. The van der Waals surface area contributed by atoms with Crippen molar-refractivity contribution >= 4 is 5.91 Å². The van der Waals surface area contributed by atoms with Gasteiger partial charge in [0.2, 0.25) is 0 Å². The van der Waals surface area contributed by atoms with Crippen LogP contribution in [0.15, 0.2) is 30.6 Å². The average Bonchev–Trinajstić information content (AvgIpc) is 3.21. The third-order valence-corrected chi connectivity index (χ3v) is 4.51. The molecule has 2 aliphatic rings. The van der Waals surface area contributed by atoms with E-state index in [-0.39, 0.29) is 12.0 Å². The predicted molar refractivity (Wildman–Crippen MR) is 84.5 cm³/mol. The van der Waals surface area contributed by atoms with Crippen LogP contribution in [0.1, 0.15) is 25.0 Å². The first-order valence-corrected chi connectivity index (χ1v) is 8.19. The van der Waals surface area contributed by atoms with E-state index in [0.29, 0.717) is 13.2 Å². The van der Waals surface area contributed by atoms with Crippen LogP contribution in [0.4, 0.5) is 0 Å². The molecule has 4 rings (SSSR count). The van der Waals surface area contributed by atoms with Crippen LogP contribution in [-0.4, -0.2) is 44.8 Å². The number of pyridine rings is 1. The molecule has 0 bridgehead atoms. The molecule has 23 heavy (non-hydrogen) atoms. The van der Waals surface area contributed by atoms with Gasteiger partial charge in [-0.05, 0) is 37.5 Å². The van der Waals surface area contributed by atoms with Crippen molar-refractivity contribution in [3.05, 3.63) is 36.3 Å². The van der Waals surface area contributed by atoms with Crippen molar-refractivity contribution in [2.24, 2.45) is 0 Å². The summed E-state index contributed by atoms with van der Waals surface area (Å²) in [6.07, 6.45) is 6.04. The Morgan fingerprint density at radius 3 is 2.87 bits per heavy atom. The van der Waals surface area contributed by atoms with Gasteiger partial charge in [-0.1, -0.05) is 0 Å². The molecule has 120 valence electrons. The first-order valence-electron chi connectivity index (χ1n) is 8.19. The number of hydrogen-bond donors (Lipinski definition) is 0. The lowest BCUT2D eigenvalue weighted by Gasteiger charge is -2.23. The van der Waals surface area contributed by atoms with Gasteiger partial charge in [0.25, 0.3) is 5.91 Å². The summed E-state index contributed by atoms with van der Waals surface area (Å²) in [6.45, 7) is 2.92. The maximum Gasteiger partial charge on any atom is 0.252 e. The number of rotatable bonds is 2. The van der Waals surface area contributed by atoms with E-state index >= 15 is 0 Å². The van der Waals surface area contributed by atoms with E-state index in [4.69, 9.17) is 9.84 Å². The van der Waals surface area contributed by atoms with E-state index in [9.17, 15) is 4.79 Å². The third kappa shape index (κ3) is 2.86. The number of fused-ring (bicyclic) bond motifs is 1. The Labute approximate surface area is 135 Å². The standard InChI is InChI=1S/C17H20N4O2/c22-17(16-3-1-10-23-16)20-8-2-9-21-14(12-20)11-15(19-21)13-4-6-18-7-5-13/h4-7,11,16H,1-3,8-10,12H2/t16-/m1/s1. The van der Waals surface area contributed by atoms with Crippen LogP contribution in [0.3, 0.4) is 0 Å². The zero-order valence-corrected chi connectivity index (χ0v) is 13.0. The summed E-state index contributed by atoms with van der Waals surface area (Å²) in [4.78, 5) is 18.6. The number of aromatic nitrogens is 3. The summed E-state index contributed by atoms with van der Waals surface area (Å²) in [5.74, 6) is 0.127. The van der Waals surface area contributed by atoms with Crippen molar-refractivity contribution in [2.75, 3.05) is 13.2 Å². The van der Waals surface area contributed by atoms with Gasteiger partial charge in [0, 0.05) is 37.7 Å². The van der Waals surface area contributed by atoms with E-state index in [2.05, 4.69) is 11.1 Å². The van der Waals surface area contributed by atoms with E-state index in [1.807, 2.05) is 21.7 Å². The fourth-order valence-corrected chi connectivity index (χ4v) is 3.29.